The molecule has 4 aromatic rings. The maximum atomic E-state index is 13.3. The smallest absolute Gasteiger partial charge is 0.282 e. The summed E-state index contributed by atoms with van der Waals surface area (Å²) < 4.78 is 31.9. The van der Waals surface area contributed by atoms with E-state index in [1.807, 2.05) is 6.07 Å². The fourth-order valence-corrected chi connectivity index (χ4v) is 4.28. The van der Waals surface area contributed by atoms with E-state index in [2.05, 4.69) is 38.3 Å². The topological polar surface area (TPSA) is 104 Å². The van der Waals surface area contributed by atoms with Crippen LogP contribution in [0.1, 0.15) is 31.2 Å². The van der Waals surface area contributed by atoms with Crippen LogP contribution in [0.4, 0.5) is 10.1 Å². The number of rotatable bonds is 11. The first kappa shape index (κ1) is 28.8. The van der Waals surface area contributed by atoms with Crippen molar-refractivity contribution < 1.29 is 23.4 Å². The van der Waals surface area contributed by atoms with Crippen molar-refractivity contribution in [2.24, 2.45) is 5.10 Å². The molecule has 0 radical (unpaired) electrons. The van der Waals surface area contributed by atoms with Gasteiger partial charge in [0, 0.05) is 22.1 Å². The van der Waals surface area contributed by atoms with Gasteiger partial charge in [-0.1, -0.05) is 29.3 Å². The van der Waals surface area contributed by atoms with Gasteiger partial charge in [-0.15, -0.1) is 0 Å². The van der Waals surface area contributed by atoms with Crippen molar-refractivity contribution >= 4 is 44.6 Å². The van der Waals surface area contributed by atoms with E-state index in [0.29, 0.717) is 45.9 Å². The molecule has 0 saturated carbocycles. The van der Waals surface area contributed by atoms with Gasteiger partial charge in [-0.2, -0.15) is 9.78 Å². The van der Waals surface area contributed by atoms with Gasteiger partial charge < -0.3 is 19.5 Å². The molecular weight excluding hydrogens is 583 g/mol. The molecule has 1 amide bonds. The monoisotopic (exact) mass is 610 g/mol. The number of anilines is 1. The number of hydrogen-bond acceptors (Lipinski definition) is 7. The Bertz CT molecular complexity index is 1580. The van der Waals surface area contributed by atoms with Gasteiger partial charge in [-0.25, -0.2) is 9.37 Å². The van der Waals surface area contributed by atoms with Crippen LogP contribution in [-0.2, 0) is 11.2 Å². The molecule has 208 valence electrons. The number of hydrogen-bond donors (Lipinski definition) is 1. The largest absolute Gasteiger partial charge is 0.493 e. The number of ether oxygens (including phenoxy) is 3. The summed E-state index contributed by atoms with van der Waals surface area (Å²) in [5.74, 6) is 0.526. The van der Waals surface area contributed by atoms with Crippen LogP contribution in [0, 0.1) is 5.82 Å². The third-order valence-electron chi connectivity index (χ3n) is 5.91. The Morgan fingerprint density at radius 2 is 1.80 bits per heavy atom. The highest BCUT2D eigenvalue weighted by molar-refractivity contribution is 9.10. The number of benzene rings is 3. The van der Waals surface area contributed by atoms with E-state index in [1.165, 1.54) is 49.4 Å². The Labute approximate surface area is 238 Å². The molecule has 0 aliphatic rings. The zero-order chi connectivity index (χ0) is 28.6. The normalized spacial score (nSPS) is 11.1. The molecule has 0 bridgehead atoms. The third-order valence-corrected chi connectivity index (χ3v) is 6.40. The number of carbonyl (C=O) groups is 1. The zero-order valence-electron chi connectivity index (χ0n) is 22.2. The number of carbonyl (C=O) groups excluding carboxylic acids is 1. The number of halogens is 2. The van der Waals surface area contributed by atoms with E-state index < -0.39 is 11.7 Å². The minimum atomic E-state index is -0.448. The molecule has 0 atom stereocenters. The molecule has 1 aromatic heterocycles. The molecule has 1 N–H and O–H groups in total. The highest BCUT2D eigenvalue weighted by Crippen LogP contribution is 2.38. The predicted molar refractivity (Wildman–Crippen MR) is 155 cm³/mol. The summed E-state index contributed by atoms with van der Waals surface area (Å²) >= 11 is 3.41. The lowest BCUT2D eigenvalue weighted by molar-refractivity contribution is -0.118. The zero-order valence-corrected chi connectivity index (χ0v) is 23.8. The molecule has 40 heavy (non-hydrogen) atoms. The standard InChI is InChI=1S/C29H28BrFN4O5/c1-4-5-6-26-34-23-12-7-19(30)15-22(23)29(37)35(26)32-16-18-13-24(38-2)28(25(14-18)39-3)40-17-27(36)33-21-10-8-20(31)9-11-21/h7-16H,4-6,17H2,1-3H3,(H,33,36). The molecule has 3 aromatic carbocycles. The van der Waals surface area contributed by atoms with Crippen LogP contribution in [0.3, 0.4) is 0 Å². The highest BCUT2D eigenvalue weighted by Gasteiger charge is 2.16. The minimum absolute atomic E-state index is 0.217. The molecular formula is C29H28BrFN4O5. The number of amides is 1. The Morgan fingerprint density at radius 3 is 2.45 bits per heavy atom. The number of nitrogens with one attached hydrogen (secondary N) is 1. The van der Waals surface area contributed by atoms with Crippen LogP contribution in [0.25, 0.3) is 10.9 Å². The van der Waals surface area contributed by atoms with Crippen molar-refractivity contribution in [2.45, 2.75) is 26.2 Å². The molecule has 9 nitrogen and oxygen atoms in total. The average molecular weight is 611 g/mol. The van der Waals surface area contributed by atoms with E-state index in [1.54, 1.807) is 24.3 Å². The number of nitrogens with zero attached hydrogens (tertiary/aromatic N) is 3. The van der Waals surface area contributed by atoms with Crippen molar-refractivity contribution in [1.82, 2.24) is 9.66 Å². The lowest BCUT2D eigenvalue weighted by atomic mass is 10.2. The van der Waals surface area contributed by atoms with Gasteiger partial charge >= 0.3 is 0 Å². The van der Waals surface area contributed by atoms with E-state index in [9.17, 15) is 14.0 Å². The molecule has 11 heteroatoms. The van der Waals surface area contributed by atoms with Gasteiger partial charge in [0.15, 0.2) is 18.1 Å². The second kappa shape index (κ2) is 13.2. The Hall–Kier alpha value is -4.25. The van der Waals surface area contributed by atoms with Crippen LogP contribution in [0.2, 0.25) is 0 Å². The van der Waals surface area contributed by atoms with Crippen LogP contribution in [-0.4, -0.2) is 42.6 Å². The van der Waals surface area contributed by atoms with Crippen molar-refractivity contribution in [3.63, 3.8) is 0 Å². The fourth-order valence-electron chi connectivity index (χ4n) is 3.92. The molecule has 4 rings (SSSR count). The highest BCUT2D eigenvalue weighted by atomic mass is 79.9. The summed E-state index contributed by atoms with van der Waals surface area (Å²) in [5, 5.41) is 7.55. The van der Waals surface area contributed by atoms with Gasteiger partial charge in [0.25, 0.3) is 11.5 Å². The first-order valence-corrected chi connectivity index (χ1v) is 13.3. The first-order valence-electron chi connectivity index (χ1n) is 12.5. The number of aromatic nitrogens is 2. The summed E-state index contributed by atoms with van der Waals surface area (Å²) in [5.41, 5.74) is 1.34. The van der Waals surface area contributed by atoms with Crippen molar-refractivity contribution in [3.05, 3.63) is 86.6 Å². The number of fused-ring (bicyclic) bond motifs is 1. The van der Waals surface area contributed by atoms with Crippen LogP contribution < -0.4 is 25.1 Å². The van der Waals surface area contributed by atoms with Crippen LogP contribution in [0.5, 0.6) is 17.2 Å². The Kier molecular flexibility index (Phi) is 9.49. The second-order valence-corrected chi connectivity index (χ2v) is 9.67. The number of methoxy groups -OCH3 is 2. The van der Waals surface area contributed by atoms with Gasteiger partial charge in [-0.3, -0.25) is 9.59 Å². The Morgan fingerprint density at radius 1 is 1.10 bits per heavy atom. The molecule has 0 saturated heterocycles. The Balaban J connectivity index is 1.61. The average Bonchev–Trinajstić information content (AvgIpc) is 2.95. The number of unbranched alkanes of at least 4 members (excludes halogenated alkanes) is 1. The molecule has 1 heterocycles. The summed E-state index contributed by atoms with van der Waals surface area (Å²) in [7, 11) is 2.92. The summed E-state index contributed by atoms with van der Waals surface area (Å²) in [6.07, 6.45) is 3.90. The lowest BCUT2D eigenvalue weighted by Crippen LogP contribution is -2.22. The van der Waals surface area contributed by atoms with Gasteiger partial charge in [0.1, 0.15) is 11.6 Å². The fraction of sp³-hybridized carbons (Fsp3) is 0.241. The SMILES string of the molecule is CCCCc1nc2ccc(Br)cc2c(=O)n1N=Cc1cc(OC)c(OCC(=O)Nc2ccc(F)cc2)c(OC)c1. The van der Waals surface area contributed by atoms with Crippen molar-refractivity contribution in [2.75, 3.05) is 26.1 Å². The van der Waals surface area contributed by atoms with E-state index in [4.69, 9.17) is 14.2 Å². The predicted octanol–water partition coefficient (Wildman–Crippen LogP) is 5.56. The summed E-state index contributed by atoms with van der Waals surface area (Å²) in [6, 6.07) is 14.1. The maximum Gasteiger partial charge on any atom is 0.282 e. The van der Waals surface area contributed by atoms with Crippen molar-refractivity contribution in [1.29, 1.82) is 0 Å². The quantitative estimate of drug-likeness (QED) is 0.223. The first-order chi connectivity index (χ1) is 19.3. The van der Waals surface area contributed by atoms with Gasteiger partial charge in [0.2, 0.25) is 5.75 Å². The van der Waals surface area contributed by atoms with Gasteiger partial charge in [0.05, 0.1) is 31.3 Å². The molecule has 0 unspecified atom stereocenters. The van der Waals surface area contributed by atoms with Gasteiger partial charge in [-0.05, 0) is 61.0 Å². The molecule has 0 aliphatic carbocycles. The minimum Gasteiger partial charge on any atom is -0.493 e. The molecule has 0 aliphatic heterocycles. The van der Waals surface area contributed by atoms with Crippen LogP contribution >= 0.6 is 15.9 Å². The van der Waals surface area contributed by atoms with Crippen molar-refractivity contribution in [3.8, 4) is 17.2 Å². The second-order valence-electron chi connectivity index (χ2n) is 8.75. The lowest BCUT2D eigenvalue weighted by Gasteiger charge is -2.15. The summed E-state index contributed by atoms with van der Waals surface area (Å²) in [4.78, 5) is 30.4. The third kappa shape index (κ3) is 6.84. The van der Waals surface area contributed by atoms with E-state index >= 15 is 0 Å². The van der Waals surface area contributed by atoms with Crippen LogP contribution in [0.15, 0.2) is 69.0 Å². The molecule has 0 spiro atoms. The maximum absolute atomic E-state index is 13.3. The summed E-state index contributed by atoms with van der Waals surface area (Å²) in [6.45, 7) is 1.73. The van der Waals surface area contributed by atoms with E-state index in [0.717, 1.165) is 17.3 Å². The molecule has 0 fully saturated rings. The van der Waals surface area contributed by atoms with E-state index in [-0.39, 0.29) is 17.9 Å². The number of aryl methyl sites for hydroxylation is 1.